The normalized spacial score (nSPS) is 12.8. The van der Waals surface area contributed by atoms with Crippen LogP contribution in [0.1, 0.15) is 393 Å². The molecule has 3 N–H and O–H groups in total. The van der Waals surface area contributed by atoms with Crippen LogP contribution in [0.25, 0.3) is 0 Å². The fraction of sp³-hybridized carbons (Fsp3) is 0.867. The summed E-state index contributed by atoms with van der Waals surface area (Å²) in [5, 5.41) is 23.2. The first-order valence-corrected chi connectivity index (χ1v) is 36.4. The first-order chi connectivity index (χ1) is 40.0. The molecule has 2 unspecified atom stereocenters. The van der Waals surface area contributed by atoms with Gasteiger partial charge in [0.1, 0.15) is 0 Å². The van der Waals surface area contributed by atoms with Gasteiger partial charge in [0, 0.05) is 12.8 Å². The number of amides is 1. The van der Waals surface area contributed by atoms with E-state index in [4.69, 9.17) is 4.74 Å². The third-order valence-electron chi connectivity index (χ3n) is 16.8. The van der Waals surface area contributed by atoms with E-state index in [0.717, 1.165) is 51.4 Å². The van der Waals surface area contributed by atoms with Crippen molar-refractivity contribution in [2.24, 2.45) is 0 Å². The Balaban J connectivity index is 3.37. The summed E-state index contributed by atoms with van der Waals surface area (Å²) in [5.41, 5.74) is 0. The maximum Gasteiger partial charge on any atom is 0.305 e. The van der Waals surface area contributed by atoms with Gasteiger partial charge in [0.05, 0.1) is 25.4 Å². The Morgan fingerprint density at radius 3 is 0.975 bits per heavy atom. The molecule has 476 valence electrons. The molecule has 0 fully saturated rings. The summed E-state index contributed by atoms with van der Waals surface area (Å²) in [4.78, 5) is 24.6. The van der Waals surface area contributed by atoms with Crippen molar-refractivity contribution in [1.82, 2.24) is 5.32 Å². The molecular formula is C75H141NO5. The highest BCUT2D eigenvalue weighted by Crippen LogP contribution is 2.18. The number of aliphatic hydroxyl groups excluding tert-OH is 2. The Bertz CT molecular complexity index is 1360. The van der Waals surface area contributed by atoms with Crippen molar-refractivity contribution >= 4 is 11.9 Å². The van der Waals surface area contributed by atoms with Crippen LogP contribution in [0, 0.1) is 0 Å². The molecule has 0 aliphatic carbocycles. The highest BCUT2D eigenvalue weighted by Gasteiger charge is 2.18. The van der Waals surface area contributed by atoms with E-state index in [0.29, 0.717) is 19.4 Å². The van der Waals surface area contributed by atoms with E-state index in [1.54, 1.807) is 6.08 Å². The fourth-order valence-corrected chi connectivity index (χ4v) is 11.3. The molecule has 0 saturated carbocycles. The molecule has 0 aromatic heterocycles. The Kier molecular flexibility index (Phi) is 68.4. The zero-order chi connectivity index (χ0) is 58.5. The van der Waals surface area contributed by atoms with Crippen LogP contribution in [0.2, 0.25) is 0 Å². The van der Waals surface area contributed by atoms with Crippen molar-refractivity contribution in [2.75, 3.05) is 13.2 Å². The van der Waals surface area contributed by atoms with Crippen LogP contribution in [0.3, 0.4) is 0 Å². The number of hydrogen-bond acceptors (Lipinski definition) is 5. The molecule has 0 rings (SSSR count). The average molecular weight is 1140 g/mol. The van der Waals surface area contributed by atoms with E-state index < -0.39 is 12.1 Å². The van der Waals surface area contributed by atoms with Gasteiger partial charge >= 0.3 is 5.97 Å². The standard InChI is InChI=1S/C75H141NO5/c1-3-5-7-9-11-13-15-17-19-40-43-47-51-55-59-63-67-73(78)72(71-77)76-74(79)68-64-60-56-52-48-44-41-37-35-33-31-29-27-25-23-21-20-22-24-26-28-30-32-34-36-38-42-46-50-54-58-62-66-70-81-75(80)69-65-61-57-53-49-45-39-18-16-14-12-10-8-6-4-2/h12,14,18,24,26,39,63,67,72-73,77-78H,3-11,13,15-17,19-23,25,27-38,40-62,64-66,68-71H2,1-2H3,(H,76,79)/b14-12-,26-24-,39-18-,67-63+. The van der Waals surface area contributed by atoms with Crippen molar-refractivity contribution in [3.63, 3.8) is 0 Å². The minimum atomic E-state index is -0.843. The minimum absolute atomic E-state index is 0.00450. The van der Waals surface area contributed by atoms with Gasteiger partial charge in [0.2, 0.25) is 5.91 Å². The number of allylic oxidation sites excluding steroid dienone is 7. The molecule has 0 spiro atoms. The largest absolute Gasteiger partial charge is 0.466 e. The number of hydrogen-bond donors (Lipinski definition) is 3. The number of rotatable bonds is 68. The molecule has 1 amide bonds. The molecule has 0 heterocycles. The van der Waals surface area contributed by atoms with Gasteiger partial charge in [-0.2, -0.15) is 0 Å². The van der Waals surface area contributed by atoms with Crippen LogP contribution in [0.15, 0.2) is 48.6 Å². The van der Waals surface area contributed by atoms with Gasteiger partial charge in [0.25, 0.3) is 0 Å². The Labute approximate surface area is 506 Å². The van der Waals surface area contributed by atoms with Crippen LogP contribution in [-0.2, 0) is 14.3 Å². The smallest absolute Gasteiger partial charge is 0.305 e. The van der Waals surface area contributed by atoms with Crippen molar-refractivity contribution in [1.29, 1.82) is 0 Å². The Hall–Kier alpha value is -2.18. The van der Waals surface area contributed by atoms with Crippen LogP contribution in [0.4, 0.5) is 0 Å². The molecule has 0 saturated heterocycles. The maximum absolute atomic E-state index is 12.5. The molecule has 0 aliphatic rings. The number of nitrogens with one attached hydrogen (secondary N) is 1. The highest BCUT2D eigenvalue weighted by atomic mass is 16.5. The quantitative estimate of drug-likeness (QED) is 0.0320. The number of unbranched alkanes of at least 4 members (excludes halogenated alkanes) is 51. The van der Waals surface area contributed by atoms with Gasteiger partial charge in [-0.3, -0.25) is 9.59 Å². The van der Waals surface area contributed by atoms with Gasteiger partial charge in [-0.25, -0.2) is 0 Å². The summed E-state index contributed by atoms with van der Waals surface area (Å²) >= 11 is 0. The number of ether oxygens (including phenoxy) is 1. The number of carbonyl (C=O) groups excluding carboxylic acids is 2. The van der Waals surface area contributed by atoms with Crippen LogP contribution < -0.4 is 5.32 Å². The molecule has 0 radical (unpaired) electrons. The first kappa shape index (κ1) is 78.8. The molecule has 6 nitrogen and oxygen atoms in total. The maximum atomic E-state index is 12.5. The van der Waals surface area contributed by atoms with Crippen molar-refractivity contribution in [3.05, 3.63) is 48.6 Å². The number of carbonyl (C=O) groups is 2. The lowest BCUT2D eigenvalue weighted by molar-refractivity contribution is -0.143. The molecule has 6 heteroatoms. The predicted octanol–water partition coefficient (Wildman–Crippen LogP) is 23.6. The molecular weight excluding hydrogens is 995 g/mol. The van der Waals surface area contributed by atoms with E-state index in [1.165, 1.54) is 315 Å². The van der Waals surface area contributed by atoms with Crippen molar-refractivity contribution < 1.29 is 24.5 Å². The topological polar surface area (TPSA) is 95.9 Å². The van der Waals surface area contributed by atoms with Gasteiger partial charge < -0.3 is 20.3 Å². The number of aliphatic hydroxyl groups is 2. The second kappa shape index (κ2) is 70.3. The van der Waals surface area contributed by atoms with E-state index in [9.17, 15) is 19.8 Å². The fourth-order valence-electron chi connectivity index (χ4n) is 11.3. The molecule has 0 bridgehead atoms. The van der Waals surface area contributed by atoms with E-state index >= 15 is 0 Å². The van der Waals surface area contributed by atoms with Crippen molar-refractivity contribution in [2.45, 2.75) is 405 Å². The van der Waals surface area contributed by atoms with E-state index in [1.807, 2.05) is 6.08 Å². The van der Waals surface area contributed by atoms with E-state index in [2.05, 4.69) is 55.6 Å². The summed E-state index contributed by atoms with van der Waals surface area (Å²) in [6, 6.07) is -0.626. The summed E-state index contributed by atoms with van der Waals surface area (Å²) in [7, 11) is 0. The highest BCUT2D eigenvalue weighted by molar-refractivity contribution is 5.76. The third-order valence-corrected chi connectivity index (χ3v) is 16.8. The second-order valence-corrected chi connectivity index (χ2v) is 24.9. The molecule has 81 heavy (non-hydrogen) atoms. The average Bonchev–Trinajstić information content (AvgIpc) is 3.47. The Morgan fingerprint density at radius 1 is 0.346 bits per heavy atom. The summed E-state index contributed by atoms with van der Waals surface area (Å²) < 4.78 is 5.49. The van der Waals surface area contributed by atoms with Gasteiger partial charge in [-0.15, -0.1) is 0 Å². The monoisotopic (exact) mass is 1140 g/mol. The Morgan fingerprint density at radius 2 is 0.617 bits per heavy atom. The SMILES string of the molecule is CCCCC/C=C\C/C=C\CCCCCCCC(=O)OCCCCCCCCCCCCCC/C=C\CCCCCCCCCCCCCCCCCCCC(=O)NC(CO)C(O)/C=C/CCCCCCCCCCCCCCCC. The second-order valence-electron chi connectivity index (χ2n) is 24.9. The lowest BCUT2D eigenvalue weighted by atomic mass is 10.0. The van der Waals surface area contributed by atoms with Gasteiger partial charge in [0.15, 0.2) is 0 Å². The first-order valence-electron chi connectivity index (χ1n) is 36.4. The summed E-state index contributed by atoms with van der Waals surface area (Å²) in [5.74, 6) is -0.0581. The zero-order valence-corrected chi connectivity index (χ0v) is 54.5. The zero-order valence-electron chi connectivity index (χ0n) is 54.5. The predicted molar refractivity (Wildman–Crippen MR) is 356 cm³/mol. The van der Waals surface area contributed by atoms with E-state index in [-0.39, 0.29) is 18.5 Å². The molecule has 0 aromatic carbocycles. The summed E-state index contributed by atoms with van der Waals surface area (Å²) in [6.07, 6.45) is 92.0. The lowest BCUT2D eigenvalue weighted by Gasteiger charge is -2.20. The van der Waals surface area contributed by atoms with Crippen molar-refractivity contribution in [3.8, 4) is 0 Å². The number of esters is 1. The molecule has 2 atom stereocenters. The minimum Gasteiger partial charge on any atom is -0.466 e. The van der Waals surface area contributed by atoms with Crippen LogP contribution in [-0.4, -0.2) is 47.4 Å². The molecule has 0 aliphatic heterocycles. The third kappa shape index (κ3) is 66.8. The van der Waals surface area contributed by atoms with Crippen LogP contribution in [0.5, 0.6) is 0 Å². The van der Waals surface area contributed by atoms with Crippen LogP contribution >= 0.6 is 0 Å². The van der Waals surface area contributed by atoms with Gasteiger partial charge in [-0.1, -0.05) is 339 Å². The lowest BCUT2D eigenvalue weighted by Crippen LogP contribution is -2.45. The van der Waals surface area contributed by atoms with Gasteiger partial charge in [-0.05, 0) is 89.9 Å². The summed E-state index contributed by atoms with van der Waals surface area (Å²) in [6.45, 7) is 4.90. The molecule has 0 aromatic rings.